The van der Waals surface area contributed by atoms with Crippen LogP contribution in [0.5, 0.6) is 0 Å². The number of rotatable bonds is 4. The molecule has 2 aliphatic rings. The molecular formula is C17H26N6O. The van der Waals surface area contributed by atoms with Crippen LogP contribution in [0.4, 0.5) is 0 Å². The molecule has 0 amide bonds. The van der Waals surface area contributed by atoms with E-state index in [4.69, 9.17) is 5.73 Å². The Kier molecular flexibility index (Phi) is 4.04. The predicted molar refractivity (Wildman–Crippen MR) is 90.8 cm³/mol. The van der Waals surface area contributed by atoms with Crippen LogP contribution in [-0.4, -0.2) is 30.2 Å². The standard InChI is InChI=1S/C17H26N6O/c1-21-16(9-12-5-2-3-7-15(12)18)20-23(17(21)24)11-13-10-14-6-4-8-22(14)19-13/h10,12,15H,2-9,11,18H2,1H3/t12-,15-/m1/s1. The highest BCUT2D eigenvalue weighted by Crippen LogP contribution is 2.25. The molecular weight excluding hydrogens is 304 g/mol. The summed E-state index contributed by atoms with van der Waals surface area (Å²) in [4.78, 5) is 12.5. The van der Waals surface area contributed by atoms with Crippen molar-refractivity contribution in [3.05, 3.63) is 33.8 Å². The monoisotopic (exact) mass is 330 g/mol. The lowest BCUT2D eigenvalue weighted by atomic mass is 9.83. The number of hydrogen-bond donors (Lipinski definition) is 1. The predicted octanol–water partition coefficient (Wildman–Crippen LogP) is 0.833. The van der Waals surface area contributed by atoms with Gasteiger partial charge in [0.25, 0.3) is 0 Å². The van der Waals surface area contributed by atoms with Crippen LogP contribution < -0.4 is 11.4 Å². The molecule has 24 heavy (non-hydrogen) atoms. The van der Waals surface area contributed by atoms with Gasteiger partial charge in [-0.15, -0.1) is 0 Å². The summed E-state index contributed by atoms with van der Waals surface area (Å²) >= 11 is 0. The minimum Gasteiger partial charge on any atom is -0.327 e. The molecule has 3 heterocycles. The molecule has 0 unspecified atom stereocenters. The molecule has 0 aromatic carbocycles. The molecule has 0 bridgehead atoms. The van der Waals surface area contributed by atoms with Crippen LogP contribution in [0.25, 0.3) is 0 Å². The third kappa shape index (κ3) is 2.81. The summed E-state index contributed by atoms with van der Waals surface area (Å²) in [5.41, 5.74) is 8.37. The molecule has 4 rings (SSSR count). The molecule has 1 saturated carbocycles. The van der Waals surface area contributed by atoms with Crippen LogP contribution in [0.1, 0.15) is 49.3 Å². The lowest BCUT2D eigenvalue weighted by Gasteiger charge is -2.27. The van der Waals surface area contributed by atoms with Crippen LogP contribution in [0, 0.1) is 5.92 Å². The Morgan fingerprint density at radius 1 is 1.25 bits per heavy atom. The zero-order valence-electron chi connectivity index (χ0n) is 14.3. The van der Waals surface area contributed by atoms with Crippen molar-refractivity contribution in [1.82, 2.24) is 24.1 Å². The lowest BCUT2D eigenvalue weighted by Crippen LogP contribution is -2.35. The van der Waals surface area contributed by atoms with Gasteiger partial charge in [0.1, 0.15) is 5.82 Å². The number of nitrogens with two attached hydrogens (primary N) is 1. The molecule has 0 saturated heterocycles. The maximum atomic E-state index is 12.5. The molecule has 1 fully saturated rings. The second kappa shape index (κ2) is 6.20. The highest BCUT2D eigenvalue weighted by Gasteiger charge is 2.25. The number of fused-ring (bicyclic) bond motifs is 1. The van der Waals surface area contributed by atoms with Gasteiger partial charge in [-0.1, -0.05) is 12.8 Å². The van der Waals surface area contributed by atoms with E-state index in [-0.39, 0.29) is 11.7 Å². The number of hydrogen-bond acceptors (Lipinski definition) is 4. The van der Waals surface area contributed by atoms with Crippen LogP contribution in [-0.2, 0) is 33.0 Å². The fourth-order valence-corrected chi connectivity index (χ4v) is 4.09. The molecule has 7 heteroatoms. The third-order valence-electron chi connectivity index (χ3n) is 5.57. The fraction of sp³-hybridized carbons (Fsp3) is 0.706. The maximum Gasteiger partial charge on any atom is 0.346 e. The summed E-state index contributed by atoms with van der Waals surface area (Å²) in [7, 11) is 1.81. The van der Waals surface area contributed by atoms with Crippen molar-refractivity contribution < 1.29 is 0 Å². The lowest BCUT2D eigenvalue weighted by molar-refractivity contribution is 0.300. The van der Waals surface area contributed by atoms with Gasteiger partial charge in [0, 0.05) is 31.7 Å². The number of nitrogens with zero attached hydrogens (tertiary/aromatic N) is 5. The summed E-state index contributed by atoms with van der Waals surface area (Å²) in [6.45, 7) is 1.43. The van der Waals surface area contributed by atoms with Gasteiger partial charge in [0.2, 0.25) is 0 Å². The van der Waals surface area contributed by atoms with Crippen molar-refractivity contribution in [2.75, 3.05) is 0 Å². The van der Waals surface area contributed by atoms with E-state index in [0.717, 1.165) is 50.2 Å². The zero-order valence-corrected chi connectivity index (χ0v) is 14.3. The average Bonchev–Trinajstić information content (AvgIpc) is 3.21. The second-order valence-electron chi connectivity index (χ2n) is 7.28. The van der Waals surface area contributed by atoms with Crippen molar-refractivity contribution in [2.24, 2.45) is 18.7 Å². The van der Waals surface area contributed by atoms with Gasteiger partial charge in [-0.05, 0) is 37.7 Å². The Morgan fingerprint density at radius 3 is 2.88 bits per heavy atom. The first kappa shape index (κ1) is 15.6. The average molecular weight is 330 g/mol. The molecule has 2 N–H and O–H groups in total. The molecule has 130 valence electrons. The Morgan fingerprint density at radius 2 is 2.08 bits per heavy atom. The quantitative estimate of drug-likeness (QED) is 0.900. The highest BCUT2D eigenvalue weighted by molar-refractivity contribution is 5.13. The van der Waals surface area contributed by atoms with E-state index < -0.39 is 0 Å². The van der Waals surface area contributed by atoms with Gasteiger partial charge in [-0.25, -0.2) is 9.48 Å². The van der Waals surface area contributed by atoms with E-state index in [0.29, 0.717) is 12.5 Å². The van der Waals surface area contributed by atoms with Gasteiger partial charge in [0.05, 0.1) is 12.2 Å². The second-order valence-corrected chi connectivity index (χ2v) is 7.28. The van der Waals surface area contributed by atoms with Gasteiger partial charge in [0.15, 0.2) is 0 Å². The Hall–Kier alpha value is -1.89. The third-order valence-corrected chi connectivity index (χ3v) is 5.57. The fourth-order valence-electron chi connectivity index (χ4n) is 4.09. The first-order valence-electron chi connectivity index (χ1n) is 9.05. The number of aryl methyl sites for hydroxylation is 2. The smallest absolute Gasteiger partial charge is 0.327 e. The van der Waals surface area contributed by atoms with Crippen molar-refractivity contribution in [3.63, 3.8) is 0 Å². The zero-order chi connectivity index (χ0) is 16.7. The first-order valence-corrected chi connectivity index (χ1v) is 9.05. The molecule has 0 radical (unpaired) electrons. The first-order chi connectivity index (χ1) is 11.6. The van der Waals surface area contributed by atoms with Crippen molar-refractivity contribution in [2.45, 2.75) is 64.1 Å². The van der Waals surface area contributed by atoms with Crippen LogP contribution in [0.2, 0.25) is 0 Å². The molecule has 2 aromatic rings. The SMILES string of the molecule is Cn1c(C[C@H]2CCCC[C@H]2N)nn(Cc2cc3n(n2)CCC3)c1=O. The largest absolute Gasteiger partial charge is 0.346 e. The van der Waals surface area contributed by atoms with Crippen molar-refractivity contribution in [3.8, 4) is 0 Å². The van der Waals surface area contributed by atoms with E-state index >= 15 is 0 Å². The van der Waals surface area contributed by atoms with Gasteiger partial charge < -0.3 is 5.73 Å². The summed E-state index contributed by atoms with van der Waals surface area (Å²) in [6.07, 6.45) is 7.70. The Labute approximate surface area is 141 Å². The highest BCUT2D eigenvalue weighted by atomic mass is 16.2. The number of aromatic nitrogens is 5. The summed E-state index contributed by atoms with van der Waals surface area (Å²) in [5, 5.41) is 9.16. The molecule has 2 atom stereocenters. The van der Waals surface area contributed by atoms with Gasteiger partial charge in [-0.2, -0.15) is 10.2 Å². The van der Waals surface area contributed by atoms with Gasteiger partial charge in [-0.3, -0.25) is 9.25 Å². The van der Waals surface area contributed by atoms with E-state index in [1.54, 1.807) is 9.25 Å². The maximum absolute atomic E-state index is 12.5. The summed E-state index contributed by atoms with van der Waals surface area (Å²) < 4.78 is 5.26. The van der Waals surface area contributed by atoms with E-state index in [1.807, 2.05) is 11.7 Å². The van der Waals surface area contributed by atoms with Crippen LogP contribution >= 0.6 is 0 Å². The molecule has 7 nitrogen and oxygen atoms in total. The molecule has 0 spiro atoms. The van der Waals surface area contributed by atoms with Crippen molar-refractivity contribution >= 4 is 0 Å². The normalized spacial score (nSPS) is 23.6. The summed E-state index contributed by atoms with van der Waals surface area (Å²) in [6, 6.07) is 2.33. The van der Waals surface area contributed by atoms with Gasteiger partial charge >= 0.3 is 5.69 Å². The van der Waals surface area contributed by atoms with E-state index in [9.17, 15) is 4.79 Å². The summed E-state index contributed by atoms with van der Waals surface area (Å²) in [5.74, 6) is 1.28. The van der Waals surface area contributed by atoms with Crippen LogP contribution in [0.3, 0.4) is 0 Å². The molecule has 1 aliphatic heterocycles. The molecule has 1 aliphatic carbocycles. The Bertz CT molecular complexity index is 764. The molecule has 2 aromatic heterocycles. The van der Waals surface area contributed by atoms with E-state index in [2.05, 4.69) is 16.3 Å². The topological polar surface area (TPSA) is 83.7 Å². The van der Waals surface area contributed by atoms with Crippen molar-refractivity contribution in [1.29, 1.82) is 0 Å². The minimum absolute atomic E-state index is 0.0671. The van der Waals surface area contributed by atoms with Crippen LogP contribution in [0.15, 0.2) is 10.9 Å². The Balaban J connectivity index is 1.52. The minimum atomic E-state index is -0.0671. The van der Waals surface area contributed by atoms with E-state index in [1.165, 1.54) is 18.5 Å².